The fourth-order valence-electron chi connectivity index (χ4n) is 2.01. The standard InChI is InChI=1S/C16H30N4O.ClH/c1-11(2)12(17)8-9-19(6)15(21)13-10-14(16(3,4)5)18-20(13)7;/h10-12H,8-9,17H2,1-7H3;1H. The van der Waals surface area contributed by atoms with E-state index in [0.29, 0.717) is 18.2 Å². The summed E-state index contributed by atoms with van der Waals surface area (Å²) >= 11 is 0. The zero-order valence-corrected chi connectivity index (χ0v) is 15.7. The number of rotatable bonds is 5. The largest absolute Gasteiger partial charge is 0.340 e. The van der Waals surface area contributed by atoms with E-state index in [0.717, 1.165) is 12.1 Å². The second-order valence-electron chi connectivity index (χ2n) is 7.21. The summed E-state index contributed by atoms with van der Waals surface area (Å²) in [7, 11) is 3.63. The maximum absolute atomic E-state index is 12.5. The normalized spacial score (nSPS) is 13.0. The molecular formula is C16H31ClN4O. The molecule has 1 heterocycles. The lowest BCUT2D eigenvalue weighted by atomic mass is 9.92. The lowest BCUT2D eigenvalue weighted by molar-refractivity contribution is 0.0778. The third-order valence-corrected chi connectivity index (χ3v) is 3.87. The topological polar surface area (TPSA) is 64.2 Å². The SMILES string of the molecule is CC(C)C(N)CCN(C)C(=O)c1cc(C(C)(C)C)nn1C.Cl. The van der Waals surface area contributed by atoms with Crippen LogP contribution >= 0.6 is 12.4 Å². The van der Waals surface area contributed by atoms with E-state index in [2.05, 4.69) is 39.7 Å². The van der Waals surface area contributed by atoms with Crippen LogP contribution < -0.4 is 5.73 Å². The van der Waals surface area contributed by atoms with Gasteiger partial charge in [-0.2, -0.15) is 5.10 Å². The average molecular weight is 331 g/mol. The molecule has 0 aliphatic rings. The van der Waals surface area contributed by atoms with Crippen molar-refractivity contribution in [2.75, 3.05) is 13.6 Å². The first-order valence-corrected chi connectivity index (χ1v) is 7.59. The van der Waals surface area contributed by atoms with Crippen LogP contribution in [0, 0.1) is 5.92 Å². The van der Waals surface area contributed by atoms with Gasteiger partial charge in [0.15, 0.2) is 0 Å². The minimum Gasteiger partial charge on any atom is -0.340 e. The molecular weight excluding hydrogens is 300 g/mol. The second-order valence-corrected chi connectivity index (χ2v) is 7.21. The summed E-state index contributed by atoms with van der Waals surface area (Å²) in [6.45, 7) is 11.1. The molecule has 0 saturated heterocycles. The van der Waals surface area contributed by atoms with Gasteiger partial charge in [0.05, 0.1) is 5.69 Å². The van der Waals surface area contributed by atoms with Crippen molar-refractivity contribution in [1.82, 2.24) is 14.7 Å². The molecule has 0 aliphatic heterocycles. The van der Waals surface area contributed by atoms with E-state index in [9.17, 15) is 4.79 Å². The van der Waals surface area contributed by atoms with E-state index in [1.165, 1.54) is 0 Å². The molecule has 1 atom stereocenters. The van der Waals surface area contributed by atoms with E-state index in [-0.39, 0.29) is 29.8 Å². The molecule has 22 heavy (non-hydrogen) atoms. The molecule has 2 N–H and O–H groups in total. The van der Waals surface area contributed by atoms with E-state index in [4.69, 9.17) is 5.73 Å². The van der Waals surface area contributed by atoms with Gasteiger partial charge >= 0.3 is 0 Å². The van der Waals surface area contributed by atoms with Crippen LogP contribution in [0.5, 0.6) is 0 Å². The number of nitrogens with zero attached hydrogens (tertiary/aromatic N) is 3. The lowest BCUT2D eigenvalue weighted by Crippen LogP contribution is -2.35. The lowest BCUT2D eigenvalue weighted by Gasteiger charge is -2.21. The quantitative estimate of drug-likeness (QED) is 0.902. The number of hydrogen-bond donors (Lipinski definition) is 1. The summed E-state index contributed by atoms with van der Waals surface area (Å²) in [5.41, 5.74) is 7.54. The van der Waals surface area contributed by atoms with Crippen LogP contribution in [0.25, 0.3) is 0 Å². The Bertz CT molecular complexity index is 491. The highest BCUT2D eigenvalue weighted by molar-refractivity contribution is 5.92. The predicted octanol–water partition coefficient (Wildman–Crippen LogP) is 2.58. The second kappa shape index (κ2) is 7.97. The first kappa shape index (κ1) is 20.9. The highest BCUT2D eigenvalue weighted by Crippen LogP contribution is 2.21. The van der Waals surface area contributed by atoms with Crippen LogP contribution in [0.3, 0.4) is 0 Å². The summed E-state index contributed by atoms with van der Waals surface area (Å²) in [6, 6.07) is 2.01. The van der Waals surface area contributed by atoms with Gasteiger partial charge in [-0.3, -0.25) is 9.48 Å². The number of carbonyl (C=O) groups is 1. The first-order valence-electron chi connectivity index (χ1n) is 7.59. The van der Waals surface area contributed by atoms with Crippen LogP contribution in [-0.4, -0.2) is 40.2 Å². The van der Waals surface area contributed by atoms with Gasteiger partial charge in [0.25, 0.3) is 5.91 Å². The number of halogens is 1. The van der Waals surface area contributed by atoms with Gasteiger partial charge in [0.1, 0.15) is 5.69 Å². The van der Waals surface area contributed by atoms with Crippen molar-refractivity contribution in [3.63, 3.8) is 0 Å². The Morgan fingerprint density at radius 1 is 1.41 bits per heavy atom. The molecule has 128 valence electrons. The molecule has 0 radical (unpaired) electrons. The summed E-state index contributed by atoms with van der Waals surface area (Å²) in [5, 5.41) is 4.45. The van der Waals surface area contributed by atoms with Gasteiger partial charge in [0.2, 0.25) is 0 Å². The highest BCUT2D eigenvalue weighted by Gasteiger charge is 2.23. The van der Waals surface area contributed by atoms with E-state index < -0.39 is 0 Å². The third kappa shape index (κ3) is 5.29. The molecule has 6 heteroatoms. The molecule has 0 fully saturated rings. The molecule has 5 nitrogen and oxygen atoms in total. The fraction of sp³-hybridized carbons (Fsp3) is 0.750. The van der Waals surface area contributed by atoms with Crippen molar-refractivity contribution >= 4 is 18.3 Å². The summed E-state index contributed by atoms with van der Waals surface area (Å²) in [4.78, 5) is 14.2. The van der Waals surface area contributed by atoms with Gasteiger partial charge in [0, 0.05) is 32.1 Å². The van der Waals surface area contributed by atoms with Gasteiger partial charge in [-0.1, -0.05) is 34.6 Å². The molecule has 0 aromatic carbocycles. The molecule has 0 bridgehead atoms. The molecule has 0 aliphatic carbocycles. The number of aromatic nitrogens is 2. The number of aryl methyl sites for hydroxylation is 1. The number of nitrogens with two attached hydrogens (primary N) is 1. The van der Waals surface area contributed by atoms with Crippen molar-refractivity contribution in [2.24, 2.45) is 18.7 Å². The van der Waals surface area contributed by atoms with Crippen LogP contribution in [-0.2, 0) is 12.5 Å². The summed E-state index contributed by atoms with van der Waals surface area (Å²) < 4.78 is 1.67. The molecule has 1 aromatic heterocycles. The molecule has 0 spiro atoms. The van der Waals surface area contributed by atoms with Gasteiger partial charge in [-0.25, -0.2) is 0 Å². The Balaban J connectivity index is 0.00000441. The number of amides is 1. The molecule has 1 aromatic rings. The van der Waals surface area contributed by atoms with Crippen LogP contribution in [0.2, 0.25) is 0 Å². The van der Waals surface area contributed by atoms with E-state index in [1.807, 2.05) is 20.2 Å². The van der Waals surface area contributed by atoms with Crippen molar-refractivity contribution in [2.45, 2.75) is 52.5 Å². The average Bonchev–Trinajstić information content (AvgIpc) is 2.76. The molecule has 1 amide bonds. The Kier molecular flexibility index (Phi) is 7.58. The maximum atomic E-state index is 12.5. The summed E-state index contributed by atoms with van der Waals surface area (Å²) in [6.07, 6.45) is 0.809. The minimum absolute atomic E-state index is 0. The van der Waals surface area contributed by atoms with Crippen LogP contribution in [0.15, 0.2) is 6.07 Å². The monoisotopic (exact) mass is 330 g/mol. The predicted molar refractivity (Wildman–Crippen MR) is 93.5 cm³/mol. The number of hydrogen-bond acceptors (Lipinski definition) is 3. The maximum Gasteiger partial charge on any atom is 0.271 e. The Morgan fingerprint density at radius 2 is 1.95 bits per heavy atom. The van der Waals surface area contributed by atoms with Crippen LogP contribution in [0.1, 0.15) is 57.2 Å². The van der Waals surface area contributed by atoms with Crippen LogP contribution in [0.4, 0.5) is 0 Å². The van der Waals surface area contributed by atoms with E-state index in [1.54, 1.807) is 9.58 Å². The van der Waals surface area contributed by atoms with Crippen molar-refractivity contribution < 1.29 is 4.79 Å². The van der Waals surface area contributed by atoms with Crippen molar-refractivity contribution in [1.29, 1.82) is 0 Å². The first-order chi connectivity index (χ1) is 9.54. The Hall–Kier alpha value is -1.07. The Labute approximate surface area is 140 Å². The van der Waals surface area contributed by atoms with Crippen molar-refractivity contribution in [3.8, 4) is 0 Å². The zero-order chi connectivity index (χ0) is 16.4. The zero-order valence-electron chi connectivity index (χ0n) is 14.9. The fourth-order valence-corrected chi connectivity index (χ4v) is 2.01. The number of carbonyl (C=O) groups excluding carboxylic acids is 1. The third-order valence-electron chi connectivity index (χ3n) is 3.87. The smallest absolute Gasteiger partial charge is 0.271 e. The van der Waals surface area contributed by atoms with Crippen molar-refractivity contribution in [3.05, 3.63) is 17.5 Å². The van der Waals surface area contributed by atoms with Gasteiger partial charge in [-0.05, 0) is 18.4 Å². The Morgan fingerprint density at radius 3 is 2.36 bits per heavy atom. The summed E-state index contributed by atoms with van der Waals surface area (Å²) in [5.74, 6) is 0.425. The van der Waals surface area contributed by atoms with Gasteiger partial charge < -0.3 is 10.6 Å². The van der Waals surface area contributed by atoms with Gasteiger partial charge in [-0.15, -0.1) is 12.4 Å². The molecule has 0 saturated carbocycles. The van der Waals surface area contributed by atoms with E-state index >= 15 is 0 Å². The molecule has 1 unspecified atom stereocenters. The molecule has 1 rings (SSSR count). The highest BCUT2D eigenvalue weighted by atomic mass is 35.5. The minimum atomic E-state index is -0.0607.